The van der Waals surface area contributed by atoms with Gasteiger partial charge in [-0.3, -0.25) is 10.1 Å². The van der Waals surface area contributed by atoms with Crippen molar-refractivity contribution in [2.75, 3.05) is 12.4 Å². The van der Waals surface area contributed by atoms with Gasteiger partial charge in [0.05, 0.1) is 17.1 Å². The summed E-state index contributed by atoms with van der Waals surface area (Å²) in [6.45, 7) is 2.93. The van der Waals surface area contributed by atoms with E-state index in [0.717, 1.165) is 23.2 Å². The van der Waals surface area contributed by atoms with Crippen molar-refractivity contribution in [3.05, 3.63) is 92.5 Å². The van der Waals surface area contributed by atoms with Crippen LogP contribution in [0.1, 0.15) is 23.6 Å². The smallest absolute Gasteiger partial charge is 0.269 e. The number of hydrogen-bond acceptors (Lipinski definition) is 5. The fourth-order valence-corrected chi connectivity index (χ4v) is 3.37. The second kappa shape index (κ2) is 9.98. The van der Waals surface area contributed by atoms with E-state index >= 15 is 0 Å². The molecule has 0 atom stereocenters. The largest absolute Gasteiger partial charge is 0.493 e. The van der Waals surface area contributed by atoms with Gasteiger partial charge in [0.2, 0.25) is 0 Å². The Balaban J connectivity index is 1.71. The standard InChI is InChI=1S/C23H23ClN2O4/c1-3-18-6-4-5-7-21(18)25-14-17-12-20(24)23(22(13-17)29-2)30-15-16-8-10-19(11-9-16)26(27)28/h4-13,25H,3,14-15H2,1-2H3. The number of methoxy groups -OCH3 is 1. The topological polar surface area (TPSA) is 73.6 Å². The Morgan fingerprint density at radius 3 is 2.47 bits per heavy atom. The molecule has 0 aliphatic carbocycles. The number of para-hydroxylation sites is 1. The Hall–Kier alpha value is -3.25. The van der Waals surface area contributed by atoms with Crippen LogP contribution in [0.25, 0.3) is 0 Å². The quantitative estimate of drug-likeness (QED) is 0.335. The average molecular weight is 427 g/mol. The lowest BCUT2D eigenvalue weighted by molar-refractivity contribution is -0.384. The van der Waals surface area contributed by atoms with Crippen molar-refractivity contribution in [2.24, 2.45) is 0 Å². The summed E-state index contributed by atoms with van der Waals surface area (Å²) in [4.78, 5) is 10.3. The molecule has 0 spiro atoms. The van der Waals surface area contributed by atoms with Gasteiger partial charge in [-0.1, -0.05) is 36.7 Å². The number of aryl methyl sites for hydroxylation is 1. The molecular weight excluding hydrogens is 404 g/mol. The highest BCUT2D eigenvalue weighted by molar-refractivity contribution is 6.32. The Morgan fingerprint density at radius 1 is 1.07 bits per heavy atom. The normalized spacial score (nSPS) is 10.5. The molecule has 0 saturated heterocycles. The minimum Gasteiger partial charge on any atom is -0.493 e. The van der Waals surface area contributed by atoms with Crippen LogP contribution in [0.2, 0.25) is 5.02 Å². The van der Waals surface area contributed by atoms with Gasteiger partial charge in [0.1, 0.15) is 6.61 Å². The summed E-state index contributed by atoms with van der Waals surface area (Å²) in [5.41, 5.74) is 4.13. The molecule has 0 radical (unpaired) electrons. The van der Waals surface area contributed by atoms with Crippen LogP contribution in [-0.4, -0.2) is 12.0 Å². The second-order valence-electron chi connectivity index (χ2n) is 6.69. The third-order valence-corrected chi connectivity index (χ3v) is 4.98. The van der Waals surface area contributed by atoms with E-state index in [1.54, 1.807) is 19.2 Å². The predicted molar refractivity (Wildman–Crippen MR) is 119 cm³/mol. The minimum atomic E-state index is -0.434. The number of benzene rings is 3. The first kappa shape index (κ1) is 21.5. The molecule has 0 aliphatic rings. The van der Waals surface area contributed by atoms with Crippen molar-refractivity contribution < 1.29 is 14.4 Å². The van der Waals surface area contributed by atoms with Crippen LogP contribution >= 0.6 is 11.6 Å². The maximum Gasteiger partial charge on any atom is 0.269 e. The summed E-state index contributed by atoms with van der Waals surface area (Å²) >= 11 is 6.46. The molecule has 3 aromatic rings. The van der Waals surface area contributed by atoms with Crippen LogP contribution in [0.5, 0.6) is 11.5 Å². The molecule has 1 N–H and O–H groups in total. The Labute approximate surface area is 180 Å². The predicted octanol–water partition coefficient (Wildman–Crippen LogP) is 6.01. The highest BCUT2D eigenvalue weighted by Crippen LogP contribution is 2.37. The third-order valence-electron chi connectivity index (χ3n) is 4.70. The van der Waals surface area contributed by atoms with Crippen molar-refractivity contribution in [1.82, 2.24) is 0 Å². The summed E-state index contributed by atoms with van der Waals surface area (Å²) in [5.74, 6) is 0.972. The number of nitro groups is 1. The summed E-state index contributed by atoms with van der Waals surface area (Å²) in [6.07, 6.45) is 0.947. The van der Waals surface area contributed by atoms with E-state index in [4.69, 9.17) is 21.1 Å². The molecule has 0 fully saturated rings. The molecule has 0 bridgehead atoms. The molecule has 7 heteroatoms. The number of non-ortho nitro benzene ring substituents is 1. The summed E-state index contributed by atoms with van der Waals surface area (Å²) in [5, 5.41) is 14.6. The monoisotopic (exact) mass is 426 g/mol. The molecule has 0 aliphatic heterocycles. The fourth-order valence-electron chi connectivity index (χ4n) is 3.08. The lowest BCUT2D eigenvalue weighted by atomic mass is 10.1. The fraction of sp³-hybridized carbons (Fsp3) is 0.217. The highest BCUT2D eigenvalue weighted by atomic mass is 35.5. The minimum absolute atomic E-state index is 0.0378. The number of ether oxygens (including phenoxy) is 2. The molecule has 3 rings (SSSR count). The van der Waals surface area contributed by atoms with Crippen LogP contribution in [0.4, 0.5) is 11.4 Å². The Morgan fingerprint density at radius 2 is 1.80 bits per heavy atom. The molecule has 156 valence electrons. The second-order valence-corrected chi connectivity index (χ2v) is 7.09. The zero-order valence-corrected chi connectivity index (χ0v) is 17.6. The van der Waals surface area contributed by atoms with Gasteiger partial charge in [-0.2, -0.15) is 0 Å². The van der Waals surface area contributed by atoms with Gasteiger partial charge < -0.3 is 14.8 Å². The molecule has 3 aromatic carbocycles. The third kappa shape index (κ3) is 5.21. The first-order valence-corrected chi connectivity index (χ1v) is 9.94. The highest BCUT2D eigenvalue weighted by Gasteiger charge is 2.13. The Kier molecular flexibility index (Phi) is 7.14. The molecule has 0 unspecified atom stereocenters. The van der Waals surface area contributed by atoms with E-state index in [1.807, 2.05) is 24.3 Å². The van der Waals surface area contributed by atoms with Crippen molar-refractivity contribution in [3.63, 3.8) is 0 Å². The van der Waals surface area contributed by atoms with Gasteiger partial charge in [-0.05, 0) is 53.4 Å². The van der Waals surface area contributed by atoms with Gasteiger partial charge in [0.25, 0.3) is 5.69 Å². The van der Waals surface area contributed by atoms with E-state index in [2.05, 4.69) is 24.4 Å². The lowest BCUT2D eigenvalue weighted by Gasteiger charge is -2.16. The average Bonchev–Trinajstić information content (AvgIpc) is 2.77. The molecule has 0 amide bonds. The van der Waals surface area contributed by atoms with E-state index in [0.29, 0.717) is 23.1 Å². The number of halogens is 1. The van der Waals surface area contributed by atoms with E-state index in [-0.39, 0.29) is 12.3 Å². The number of rotatable bonds is 9. The van der Waals surface area contributed by atoms with Gasteiger partial charge in [-0.25, -0.2) is 0 Å². The molecule has 0 saturated carbocycles. The first-order valence-electron chi connectivity index (χ1n) is 9.56. The van der Waals surface area contributed by atoms with Crippen LogP contribution in [-0.2, 0) is 19.6 Å². The summed E-state index contributed by atoms with van der Waals surface area (Å²) in [7, 11) is 1.56. The SMILES string of the molecule is CCc1ccccc1NCc1cc(Cl)c(OCc2ccc([N+](=O)[O-])cc2)c(OC)c1. The number of nitrogens with zero attached hydrogens (tertiary/aromatic N) is 1. The maximum absolute atomic E-state index is 10.8. The van der Waals surface area contributed by atoms with E-state index in [9.17, 15) is 10.1 Å². The maximum atomic E-state index is 10.8. The van der Waals surface area contributed by atoms with Gasteiger partial charge in [0, 0.05) is 24.4 Å². The van der Waals surface area contributed by atoms with Crippen molar-refractivity contribution in [1.29, 1.82) is 0 Å². The van der Waals surface area contributed by atoms with E-state index in [1.165, 1.54) is 17.7 Å². The van der Waals surface area contributed by atoms with E-state index < -0.39 is 4.92 Å². The van der Waals surface area contributed by atoms with Crippen molar-refractivity contribution in [3.8, 4) is 11.5 Å². The van der Waals surface area contributed by atoms with Crippen LogP contribution in [0.3, 0.4) is 0 Å². The van der Waals surface area contributed by atoms with Gasteiger partial charge in [0.15, 0.2) is 11.5 Å². The summed E-state index contributed by atoms with van der Waals surface area (Å²) < 4.78 is 11.3. The lowest BCUT2D eigenvalue weighted by Crippen LogP contribution is -2.04. The molecule has 30 heavy (non-hydrogen) atoms. The first-order chi connectivity index (χ1) is 14.5. The zero-order chi connectivity index (χ0) is 21.5. The zero-order valence-electron chi connectivity index (χ0n) is 16.9. The molecule has 0 aromatic heterocycles. The number of nitrogens with one attached hydrogen (secondary N) is 1. The summed E-state index contributed by atoms with van der Waals surface area (Å²) in [6, 6.07) is 18.1. The van der Waals surface area contributed by atoms with Crippen LogP contribution in [0, 0.1) is 10.1 Å². The van der Waals surface area contributed by atoms with Gasteiger partial charge in [-0.15, -0.1) is 0 Å². The number of nitro benzene ring substituents is 1. The number of anilines is 1. The molecular formula is C23H23ClN2O4. The number of hydrogen-bond donors (Lipinski definition) is 1. The molecule has 0 heterocycles. The van der Waals surface area contributed by atoms with Crippen molar-refractivity contribution >= 4 is 23.0 Å². The van der Waals surface area contributed by atoms with Gasteiger partial charge >= 0.3 is 0 Å². The van der Waals surface area contributed by atoms with Crippen molar-refractivity contribution in [2.45, 2.75) is 26.5 Å². The Bertz CT molecular complexity index is 1020. The van der Waals surface area contributed by atoms with Crippen LogP contribution in [0.15, 0.2) is 60.7 Å². The van der Waals surface area contributed by atoms with Crippen LogP contribution < -0.4 is 14.8 Å². The molecule has 6 nitrogen and oxygen atoms in total.